The molecule has 1 fully saturated rings. The number of carbonyl (C=O) groups is 1. The van der Waals surface area contributed by atoms with Gasteiger partial charge >= 0.3 is 5.97 Å². The Bertz CT molecular complexity index is 640. The van der Waals surface area contributed by atoms with Crippen LogP contribution in [-0.4, -0.2) is 61.1 Å². The summed E-state index contributed by atoms with van der Waals surface area (Å²) in [5, 5.41) is 8.93. The summed E-state index contributed by atoms with van der Waals surface area (Å²) in [5.74, 6) is -0.955. The van der Waals surface area contributed by atoms with E-state index in [1.807, 2.05) is 0 Å². The number of piperazine rings is 1. The van der Waals surface area contributed by atoms with Crippen LogP contribution in [0.1, 0.15) is 15.9 Å². The fourth-order valence-electron chi connectivity index (χ4n) is 2.27. The van der Waals surface area contributed by atoms with Crippen LogP contribution < -0.4 is 0 Å². The zero-order chi connectivity index (χ0) is 15.6. The van der Waals surface area contributed by atoms with E-state index in [1.54, 1.807) is 18.2 Å². The third-order valence-corrected chi connectivity index (χ3v) is 5.54. The average molecular weight is 377 g/mol. The quantitative estimate of drug-likeness (QED) is 0.854. The van der Waals surface area contributed by atoms with Crippen molar-refractivity contribution in [1.82, 2.24) is 9.21 Å². The lowest BCUT2D eigenvalue weighted by atomic mass is 10.1. The van der Waals surface area contributed by atoms with Crippen LogP contribution in [-0.2, 0) is 16.6 Å². The van der Waals surface area contributed by atoms with E-state index in [4.69, 9.17) is 5.11 Å². The van der Waals surface area contributed by atoms with Crippen LogP contribution in [0.15, 0.2) is 22.7 Å². The number of hydrogen-bond acceptors (Lipinski definition) is 4. The van der Waals surface area contributed by atoms with Crippen molar-refractivity contribution in [3.05, 3.63) is 33.8 Å². The molecule has 6 nitrogen and oxygen atoms in total. The summed E-state index contributed by atoms with van der Waals surface area (Å²) in [6.07, 6.45) is 1.23. The lowest BCUT2D eigenvalue weighted by molar-refractivity contribution is 0.0696. The molecule has 1 saturated heterocycles. The van der Waals surface area contributed by atoms with Gasteiger partial charge in [-0.05, 0) is 17.7 Å². The molecule has 8 heteroatoms. The van der Waals surface area contributed by atoms with Crippen LogP contribution in [0.25, 0.3) is 0 Å². The number of halogens is 1. The van der Waals surface area contributed by atoms with Gasteiger partial charge in [-0.3, -0.25) is 4.90 Å². The third kappa shape index (κ3) is 4.26. The minimum absolute atomic E-state index is 0.243. The van der Waals surface area contributed by atoms with Gasteiger partial charge in [0.25, 0.3) is 0 Å². The topological polar surface area (TPSA) is 77.9 Å². The monoisotopic (exact) mass is 376 g/mol. The fourth-order valence-corrected chi connectivity index (χ4v) is 3.60. The first-order chi connectivity index (χ1) is 9.77. The van der Waals surface area contributed by atoms with Crippen LogP contribution in [0.4, 0.5) is 0 Å². The summed E-state index contributed by atoms with van der Waals surface area (Å²) in [4.78, 5) is 13.0. The highest BCUT2D eigenvalue weighted by Crippen LogP contribution is 2.21. The van der Waals surface area contributed by atoms with Crippen LogP contribution in [0.2, 0.25) is 0 Å². The Labute approximate surface area is 132 Å². The van der Waals surface area contributed by atoms with Crippen molar-refractivity contribution in [2.24, 2.45) is 0 Å². The van der Waals surface area contributed by atoms with Crippen LogP contribution in [0.5, 0.6) is 0 Å². The Morgan fingerprint density at radius 2 is 1.90 bits per heavy atom. The molecular formula is C13H17BrN2O4S. The van der Waals surface area contributed by atoms with Crippen molar-refractivity contribution in [2.45, 2.75) is 6.54 Å². The zero-order valence-electron chi connectivity index (χ0n) is 11.6. The smallest absolute Gasteiger partial charge is 0.335 e. The largest absolute Gasteiger partial charge is 0.478 e. The maximum Gasteiger partial charge on any atom is 0.335 e. The van der Waals surface area contributed by atoms with E-state index >= 15 is 0 Å². The van der Waals surface area contributed by atoms with Crippen molar-refractivity contribution in [2.75, 3.05) is 32.4 Å². The van der Waals surface area contributed by atoms with E-state index < -0.39 is 16.0 Å². The summed E-state index contributed by atoms with van der Waals surface area (Å²) < 4.78 is 25.1. The van der Waals surface area contributed by atoms with Crippen LogP contribution >= 0.6 is 15.9 Å². The Morgan fingerprint density at radius 3 is 2.38 bits per heavy atom. The van der Waals surface area contributed by atoms with Gasteiger partial charge in [-0.1, -0.05) is 22.0 Å². The second-order valence-corrected chi connectivity index (χ2v) is 7.89. The van der Waals surface area contributed by atoms with E-state index in [2.05, 4.69) is 20.8 Å². The maximum absolute atomic E-state index is 11.5. The summed E-state index contributed by atoms with van der Waals surface area (Å²) in [6.45, 7) is 2.98. The average Bonchev–Trinajstić information content (AvgIpc) is 2.40. The Morgan fingerprint density at radius 1 is 1.29 bits per heavy atom. The Kier molecular flexibility index (Phi) is 5.03. The number of benzene rings is 1. The normalized spacial score (nSPS) is 17.8. The predicted octanol–water partition coefficient (Wildman–Crippen LogP) is 1.22. The second-order valence-electron chi connectivity index (χ2n) is 5.05. The van der Waals surface area contributed by atoms with E-state index in [0.29, 0.717) is 32.7 Å². The van der Waals surface area contributed by atoms with E-state index in [1.165, 1.54) is 10.6 Å². The van der Waals surface area contributed by atoms with Crippen molar-refractivity contribution in [3.8, 4) is 0 Å². The number of carboxylic acids is 1. The molecule has 0 amide bonds. The number of sulfonamides is 1. The molecule has 2 rings (SSSR count). The van der Waals surface area contributed by atoms with Gasteiger partial charge in [-0.15, -0.1) is 0 Å². The van der Waals surface area contributed by atoms with Crippen molar-refractivity contribution in [3.63, 3.8) is 0 Å². The molecule has 0 aromatic heterocycles. The molecule has 21 heavy (non-hydrogen) atoms. The van der Waals surface area contributed by atoms with Gasteiger partial charge in [0.15, 0.2) is 0 Å². The molecule has 0 aliphatic carbocycles. The standard InChI is InChI=1S/C13H17BrN2O4S/c1-21(19,20)16-6-4-15(5-7-16)9-11-3-2-10(13(17)18)8-12(11)14/h2-3,8H,4-7,9H2,1H3,(H,17,18). The van der Waals surface area contributed by atoms with Crippen molar-refractivity contribution >= 4 is 31.9 Å². The molecule has 1 aromatic carbocycles. The first-order valence-corrected chi connectivity index (χ1v) is 9.10. The van der Waals surface area contributed by atoms with Gasteiger partial charge in [0.05, 0.1) is 11.8 Å². The van der Waals surface area contributed by atoms with Gasteiger partial charge in [0, 0.05) is 37.2 Å². The number of carboxylic acid groups (broad SMARTS) is 1. The summed E-state index contributed by atoms with van der Waals surface area (Å²) in [7, 11) is -3.11. The molecule has 0 spiro atoms. The Hall–Kier alpha value is -0.960. The molecule has 0 radical (unpaired) electrons. The first kappa shape index (κ1) is 16.4. The number of rotatable bonds is 4. The van der Waals surface area contributed by atoms with Crippen molar-refractivity contribution in [1.29, 1.82) is 0 Å². The fraction of sp³-hybridized carbons (Fsp3) is 0.462. The van der Waals surface area contributed by atoms with Crippen molar-refractivity contribution < 1.29 is 18.3 Å². The predicted molar refractivity (Wildman–Crippen MR) is 82.8 cm³/mol. The SMILES string of the molecule is CS(=O)(=O)N1CCN(Cc2ccc(C(=O)O)cc2Br)CC1. The number of hydrogen-bond donors (Lipinski definition) is 1. The minimum Gasteiger partial charge on any atom is -0.478 e. The molecular weight excluding hydrogens is 360 g/mol. The van der Waals surface area contributed by atoms with Crippen LogP contribution in [0.3, 0.4) is 0 Å². The third-order valence-electron chi connectivity index (χ3n) is 3.49. The molecule has 0 unspecified atom stereocenters. The van der Waals surface area contributed by atoms with Crippen LogP contribution in [0, 0.1) is 0 Å². The highest BCUT2D eigenvalue weighted by atomic mass is 79.9. The number of aromatic carboxylic acids is 1. The highest BCUT2D eigenvalue weighted by molar-refractivity contribution is 9.10. The lowest BCUT2D eigenvalue weighted by Crippen LogP contribution is -2.47. The highest BCUT2D eigenvalue weighted by Gasteiger charge is 2.23. The molecule has 116 valence electrons. The molecule has 0 atom stereocenters. The van der Waals surface area contributed by atoms with Gasteiger partial charge in [-0.2, -0.15) is 4.31 Å². The first-order valence-electron chi connectivity index (χ1n) is 6.46. The minimum atomic E-state index is -3.11. The summed E-state index contributed by atoms with van der Waals surface area (Å²) >= 11 is 3.39. The second kappa shape index (κ2) is 6.43. The van der Waals surface area contributed by atoms with E-state index in [9.17, 15) is 13.2 Å². The summed E-state index contributed by atoms with van der Waals surface area (Å²) in [5.41, 5.74) is 1.24. The van der Waals surface area contributed by atoms with E-state index in [-0.39, 0.29) is 5.56 Å². The number of nitrogens with zero attached hydrogens (tertiary/aromatic N) is 2. The van der Waals surface area contributed by atoms with Gasteiger partial charge in [0.2, 0.25) is 10.0 Å². The molecule has 1 aliphatic heterocycles. The van der Waals surface area contributed by atoms with E-state index in [0.717, 1.165) is 10.0 Å². The molecule has 1 aliphatic rings. The van der Waals surface area contributed by atoms with Gasteiger partial charge in [-0.25, -0.2) is 13.2 Å². The molecule has 1 heterocycles. The maximum atomic E-state index is 11.5. The Balaban J connectivity index is 1.99. The van der Waals surface area contributed by atoms with Gasteiger partial charge in [0.1, 0.15) is 0 Å². The molecule has 1 aromatic rings. The molecule has 1 N–H and O–H groups in total. The molecule has 0 saturated carbocycles. The molecule has 0 bridgehead atoms. The zero-order valence-corrected chi connectivity index (χ0v) is 14.0. The lowest BCUT2D eigenvalue weighted by Gasteiger charge is -2.33. The van der Waals surface area contributed by atoms with Gasteiger partial charge < -0.3 is 5.11 Å². The summed E-state index contributed by atoms with van der Waals surface area (Å²) in [6, 6.07) is 4.95.